The number of esters is 1. The molecule has 1 heterocycles. The summed E-state index contributed by atoms with van der Waals surface area (Å²) in [7, 11) is 1.25. The Kier molecular flexibility index (Phi) is 8.39. The normalized spacial score (nSPS) is 19.5. The number of carbonyl (C=O) groups is 4. The summed E-state index contributed by atoms with van der Waals surface area (Å²) in [6.45, 7) is 3.62. The molecule has 3 N–H and O–H groups in total. The fourth-order valence-corrected chi connectivity index (χ4v) is 3.11. The van der Waals surface area contributed by atoms with Crippen LogP contribution in [0, 0.1) is 0 Å². The molecule has 156 valence electrons. The van der Waals surface area contributed by atoms with E-state index in [9.17, 15) is 19.2 Å². The van der Waals surface area contributed by atoms with E-state index in [2.05, 4.69) is 22.5 Å². The van der Waals surface area contributed by atoms with Gasteiger partial charge < -0.3 is 20.7 Å². The summed E-state index contributed by atoms with van der Waals surface area (Å²) in [4.78, 5) is 48.9. The van der Waals surface area contributed by atoms with Gasteiger partial charge in [-0.25, -0.2) is 4.79 Å². The van der Waals surface area contributed by atoms with Crippen molar-refractivity contribution in [3.8, 4) is 0 Å². The van der Waals surface area contributed by atoms with Crippen LogP contribution in [0.4, 0.5) is 0 Å². The van der Waals surface area contributed by atoms with E-state index in [1.807, 2.05) is 30.3 Å². The molecular formula is C21H27N3O5. The Morgan fingerprint density at radius 1 is 1.17 bits per heavy atom. The standard InChI is InChI=1S/C21H27N3O5/c1-3-4-6-11-15(21(28)29-2)22-18(25)13-17-20(27)23-16(19(26)24-17)12-14-9-7-5-8-10-14/h3,5,7-10,15-17H,1,4,6,11-13H2,2H3,(H,22,25)(H,23,27)(H,24,26)/t15-,16-,17-/m0/s1. The average molecular weight is 401 g/mol. The van der Waals surface area contributed by atoms with E-state index in [-0.39, 0.29) is 12.3 Å². The highest BCUT2D eigenvalue weighted by atomic mass is 16.5. The first kappa shape index (κ1) is 22.1. The third-order valence-electron chi connectivity index (χ3n) is 4.66. The van der Waals surface area contributed by atoms with Gasteiger partial charge in [-0.3, -0.25) is 14.4 Å². The highest BCUT2D eigenvalue weighted by Gasteiger charge is 2.35. The van der Waals surface area contributed by atoms with Gasteiger partial charge in [0, 0.05) is 6.42 Å². The van der Waals surface area contributed by atoms with Gasteiger partial charge in [-0.05, 0) is 24.8 Å². The Morgan fingerprint density at radius 3 is 2.48 bits per heavy atom. The van der Waals surface area contributed by atoms with Crippen LogP contribution in [0.25, 0.3) is 0 Å². The first-order chi connectivity index (χ1) is 13.9. The molecule has 1 fully saturated rings. The first-order valence-electron chi connectivity index (χ1n) is 9.57. The van der Waals surface area contributed by atoms with E-state index >= 15 is 0 Å². The van der Waals surface area contributed by atoms with Crippen LogP contribution in [0.2, 0.25) is 0 Å². The van der Waals surface area contributed by atoms with Gasteiger partial charge in [0.05, 0.1) is 13.5 Å². The van der Waals surface area contributed by atoms with Gasteiger partial charge in [0.15, 0.2) is 0 Å². The number of nitrogens with one attached hydrogen (secondary N) is 3. The predicted octanol–water partition coefficient (Wildman–Crippen LogP) is 0.617. The van der Waals surface area contributed by atoms with Crippen LogP contribution in [-0.4, -0.2) is 48.9 Å². The smallest absolute Gasteiger partial charge is 0.328 e. The molecule has 1 aliphatic heterocycles. The number of ether oxygens (including phenoxy) is 1. The van der Waals surface area contributed by atoms with Gasteiger partial charge in [-0.2, -0.15) is 0 Å². The number of benzene rings is 1. The molecule has 29 heavy (non-hydrogen) atoms. The molecule has 1 saturated heterocycles. The fraction of sp³-hybridized carbons (Fsp3) is 0.429. The molecule has 2 rings (SSSR count). The van der Waals surface area contributed by atoms with Crippen molar-refractivity contribution in [2.45, 2.75) is 50.2 Å². The van der Waals surface area contributed by atoms with Gasteiger partial charge >= 0.3 is 5.97 Å². The zero-order valence-electron chi connectivity index (χ0n) is 16.5. The van der Waals surface area contributed by atoms with Gasteiger partial charge in [-0.15, -0.1) is 6.58 Å². The van der Waals surface area contributed by atoms with E-state index in [0.29, 0.717) is 25.7 Å². The van der Waals surface area contributed by atoms with Crippen molar-refractivity contribution in [2.24, 2.45) is 0 Å². The molecule has 3 atom stereocenters. The number of allylic oxidation sites excluding steroid dienone is 1. The number of hydrogen-bond acceptors (Lipinski definition) is 5. The summed E-state index contributed by atoms with van der Waals surface area (Å²) < 4.78 is 4.71. The third-order valence-corrected chi connectivity index (χ3v) is 4.66. The molecule has 0 bridgehead atoms. The van der Waals surface area contributed by atoms with E-state index in [0.717, 1.165) is 5.56 Å². The average Bonchev–Trinajstić information content (AvgIpc) is 2.71. The molecule has 0 spiro atoms. The van der Waals surface area contributed by atoms with E-state index in [4.69, 9.17) is 4.74 Å². The summed E-state index contributed by atoms with van der Waals surface area (Å²) in [6.07, 6.45) is 3.59. The minimum absolute atomic E-state index is 0.259. The second-order valence-electron chi connectivity index (χ2n) is 6.88. The number of methoxy groups -OCH3 is 1. The lowest BCUT2D eigenvalue weighted by atomic mass is 10.0. The Bertz CT molecular complexity index is 750. The van der Waals surface area contributed by atoms with Crippen LogP contribution in [-0.2, 0) is 30.3 Å². The van der Waals surface area contributed by atoms with Crippen molar-refractivity contribution in [3.63, 3.8) is 0 Å². The molecule has 0 aromatic heterocycles. The molecular weight excluding hydrogens is 374 g/mol. The summed E-state index contributed by atoms with van der Waals surface area (Å²) in [5, 5.41) is 7.84. The lowest BCUT2D eigenvalue weighted by Crippen LogP contribution is -2.63. The van der Waals surface area contributed by atoms with Crippen molar-refractivity contribution in [1.29, 1.82) is 0 Å². The molecule has 8 heteroatoms. The molecule has 1 aliphatic rings. The number of carbonyl (C=O) groups excluding carboxylic acids is 4. The Morgan fingerprint density at radius 2 is 1.83 bits per heavy atom. The SMILES string of the molecule is C=CCCC[C@H](NC(=O)C[C@@H]1NC(=O)[C@H](Cc2ccccc2)NC1=O)C(=O)OC. The number of rotatable bonds is 10. The van der Waals surface area contributed by atoms with E-state index < -0.39 is 35.9 Å². The van der Waals surface area contributed by atoms with Crippen molar-refractivity contribution < 1.29 is 23.9 Å². The molecule has 8 nitrogen and oxygen atoms in total. The molecule has 1 aromatic carbocycles. The second-order valence-corrected chi connectivity index (χ2v) is 6.88. The maximum atomic E-state index is 12.4. The first-order valence-corrected chi connectivity index (χ1v) is 9.57. The largest absolute Gasteiger partial charge is 0.467 e. The molecule has 0 unspecified atom stereocenters. The summed E-state index contributed by atoms with van der Waals surface area (Å²) in [6, 6.07) is 6.86. The summed E-state index contributed by atoms with van der Waals surface area (Å²) in [5.74, 6) is -1.84. The predicted molar refractivity (Wildman–Crippen MR) is 107 cm³/mol. The number of hydrogen-bond donors (Lipinski definition) is 3. The van der Waals surface area contributed by atoms with Crippen molar-refractivity contribution in [1.82, 2.24) is 16.0 Å². The molecule has 0 aliphatic carbocycles. The lowest BCUT2D eigenvalue weighted by molar-refractivity contribution is -0.145. The molecule has 0 radical (unpaired) electrons. The van der Waals surface area contributed by atoms with Crippen molar-refractivity contribution in [2.75, 3.05) is 7.11 Å². The quantitative estimate of drug-likeness (QED) is 0.302. The minimum atomic E-state index is -0.985. The van der Waals surface area contributed by atoms with Crippen molar-refractivity contribution in [3.05, 3.63) is 48.6 Å². The van der Waals surface area contributed by atoms with Crippen LogP contribution in [0.1, 0.15) is 31.2 Å². The molecule has 0 saturated carbocycles. The Balaban J connectivity index is 1.89. The highest BCUT2D eigenvalue weighted by molar-refractivity contribution is 5.99. The van der Waals surface area contributed by atoms with Gasteiger partial charge in [0.2, 0.25) is 17.7 Å². The second kappa shape index (κ2) is 11.0. The number of amides is 3. The number of piperazine rings is 1. The van der Waals surface area contributed by atoms with Crippen LogP contribution >= 0.6 is 0 Å². The van der Waals surface area contributed by atoms with Gasteiger partial charge in [-0.1, -0.05) is 36.4 Å². The van der Waals surface area contributed by atoms with Crippen molar-refractivity contribution >= 4 is 23.7 Å². The maximum Gasteiger partial charge on any atom is 0.328 e. The van der Waals surface area contributed by atoms with Gasteiger partial charge in [0.1, 0.15) is 18.1 Å². The van der Waals surface area contributed by atoms with Crippen LogP contribution in [0.3, 0.4) is 0 Å². The zero-order valence-corrected chi connectivity index (χ0v) is 16.5. The highest BCUT2D eigenvalue weighted by Crippen LogP contribution is 2.09. The van der Waals surface area contributed by atoms with Gasteiger partial charge in [0.25, 0.3) is 0 Å². The summed E-state index contributed by atoms with van der Waals surface area (Å²) >= 11 is 0. The third kappa shape index (κ3) is 6.74. The number of unbranched alkanes of at least 4 members (excludes halogenated alkanes) is 1. The zero-order chi connectivity index (χ0) is 21.2. The van der Waals surface area contributed by atoms with Crippen LogP contribution in [0.5, 0.6) is 0 Å². The topological polar surface area (TPSA) is 114 Å². The van der Waals surface area contributed by atoms with Crippen LogP contribution < -0.4 is 16.0 Å². The molecule has 3 amide bonds. The monoisotopic (exact) mass is 401 g/mol. The Labute approximate surface area is 170 Å². The van der Waals surface area contributed by atoms with E-state index in [1.54, 1.807) is 6.08 Å². The summed E-state index contributed by atoms with van der Waals surface area (Å²) in [5.41, 5.74) is 0.921. The minimum Gasteiger partial charge on any atom is -0.467 e. The maximum absolute atomic E-state index is 12.4. The lowest BCUT2D eigenvalue weighted by Gasteiger charge is -2.29. The molecule has 1 aromatic rings. The van der Waals surface area contributed by atoms with E-state index in [1.165, 1.54) is 7.11 Å². The van der Waals surface area contributed by atoms with Crippen LogP contribution in [0.15, 0.2) is 43.0 Å². The fourth-order valence-electron chi connectivity index (χ4n) is 3.11. The Hall–Kier alpha value is -3.16.